The van der Waals surface area contributed by atoms with Gasteiger partial charge in [-0.3, -0.25) is 14.6 Å². The maximum atomic E-state index is 13.2. The summed E-state index contributed by atoms with van der Waals surface area (Å²) < 4.78 is 34.9. The van der Waals surface area contributed by atoms with Crippen molar-refractivity contribution in [3.63, 3.8) is 0 Å². The number of aliphatic hydroxyl groups excluding tert-OH is 1. The van der Waals surface area contributed by atoms with Crippen molar-refractivity contribution >= 4 is 27.4 Å². The van der Waals surface area contributed by atoms with E-state index in [0.29, 0.717) is 31.3 Å². The minimum absolute atomic E-state index is 0.230. The molecule has 0 amide bonds. The molecule has 3 N–H and O–H groups in total. The molecule has 9 nitrogen and oxygen atoms in total. The molecule has 0 saturated carbocycles. The smallest absolute Gasteiger partial charge is 0.302 e. The standard InChI is InChI=1S/C33H41N5O4S/c1-2-3-4-5-6-9-29-24-42-33(36-29)38-20-17-26-21-30(14-15-31(26)38)43(40,41)37-28-12-10-25(11-13-28)16-19-35-23-32(39)27-8-7-18-34-22-27/h7-8,10-15,18,21-22,24,32,35,37,39H,2-6,9,16-17,19-20,23H2,1H3. The molecule has 1 aliphatic rings. The molecule has 0 spiro atoms. The third-order valence-electron chi connectivity index (χ3n) is 7.77. The zero-order chi connectivity index (χ0) is 30.1. The zero-order valence-electron chi connectivity index (χ0n) is 24.7. The number of aliphatic hydroxyl groups is 1. The van der Waals surface area contributed by atoms with Crippen LogP contribution in [0.1, 0.15) is 67.5 Å². The van der Waals surface area contributed by atoms with Crippen LogP contribution >= 0.6 is 0 Å². The molecule has 2 aromatic carbocycles. The summed E-state index contributed by atoms with van der Waals surface area (Å²) in [4.78, 5) is 11.0. The quantitative estimate of drug-likeness (QED) is 0.135. The third-order valence-corrected chi connectivity index (χ3v) is 9.15. The summed E-state index contributed by atoms with van der Waals surface area (Å²) in [5.74, 6) is 0. The van der Waals surface area contributed by atoms with Crippen LogP contribution in [0, 0.1) is 0 Å². The van der Waals surface area contributed by atoms with Crippen molar-refractivity contribution < 1.29 is 17.9 Å². The maximum absolute atomic E-state index is 13.2. The second-order valence-corrected chi connectivity index (χ2v) is 12.7. The summed E-state index contributed by atoms with van der Waals surface area (Å²) in [5, 5.41) is 13.5. The fourth-order valence-electron chi connectivity index (χ4n) is 5.30. The number of fused-ring (bicyclic) bond motifs is 1. The van der Waals surface area contributed by atoms with Crippen LogP contribution in [0.3, 0.4) is 0 Å². The van der Waals surface area contributed by atoms with Gasteiger partial charge < -0.3 is 14.8 Å². The summed E-state index contributed by atoms with van der Waals surface area (Å²) in [6.07, 6.45) is 12.9. The van der Waals surface area contributed by atoms with E-state index in [1.54, 1.807) is 49.0 Å². The highest BCUT2D eigenvalue weighted by atomic mass is 32.2. The molecule has 3 heterocycles. The molecule has 43 heavy (non-hydrogen) atoms. The number of sulfonamides is 1. The lowest BCUT2D eigenvalue weighted by atomic mass is 10.1. The predicted octanol–water partition coefficient (Wildman–Crippen LogP) is 5.94. The lowest BCUT2D eigenvalue weighted by Crippen LogP contribution is -2.23. The highest BCUT2D eigenvalue weighted by Crippen LogP contribution is 2.36. The van der Waals surface area contributed by atoms with Crippen LogP contribution in [0.2, 0.25) is 0 Å². The number of hydrogen-bond acceptors (Lipinski definition) is 8. The van der Waals surface area contributed by atoms with Gasteiger partial charge in [-0.2, -0.15) is 4.98 Å². The van der Waals surface area contributed by atoms with Crippen LogP contribution in [0.15, 0.2) is 82.6 Å². The fourth-order valence-corrected chi connectivity index (χ4v) is 6.41. The Morgan fingerprint density at radius 3 is 2.67 bits per heavy atom. The summed E-state index contributed by atoms with van der Waals surface area (Å²) in [5.41, 5.74) is 5.20. The number of aryl methyl sites for hydroxylation is 1. The van der Waals surface area contributed by atoms with Crippen LogP contribution in [0.5, 0.6) is 0 Å². The highest BCUT2D eigenvalue weighted by Gasteiger charge is 2.26. The Morgan fingerprint density at radius 2 is 1.88 bits per heavy atom. The van der Waals surface area contributed by atoms with Gasteiger partial charge in [-0.1, -0.05) is 50.8 Å². The maximum Gasteiger partial charge on any atom is 0.302 e. The van der Waals surface area contributed by atoms with Gasteiger partial charge in [-0.25, -0.2) is 8.42 Å². The molecular formula is C33H41N5O4S. The van der Waals surface area contributed by atoms with Crippen LogP contribution in [0.4, 0.5) is 17.4 Å². The molecule has 10 heteroatoms. The Balaban J connectivity index is 1.12. The summed E-state index contributed by atoms with van der Waals surface area (Å²) in [6.45, 7) is 4.03. The van der Waals surface area contributed by atoms with Gasteiger partial charge in [-0.15, -0.1) is 0 Å². The minimum Gasteiger partial charge on any atom is -0.432 e. The van der Waals surface area contributed by atoms with Crippen molar-refractivity contribution in [2.24, 2.45) is 0 Å². The normalized spacial score (nSPS) is 13.7. The first-order valence-corrected chi connectivity index (χ1v) is 16.7. The number of anilines is 3. The van der Waals surface area contributed by atoms with E-state index in [4.69, 9.17) is 9.40 Å². The topological polar surface area (TPSA) is 121 Å². The Labute approximate surface area is 254 Å². The SMILES string of the molecule is CCCCCCCc1coc(N2CCc3cc(S(=O)(=O)Nc4ccc(CCNCC(O)c5cccnc5)cc4)ccc32)n1. The molecule has 0 aliphatic carbocycles. The van der Waals surface area contributed by atoms with E-state index in [-0.39, 0.29) is 4.90 Å². The second-order valence-electron chi connectivity index (χ2n) is 11.0. The molecular weight excluding hydrogens is 562 g/mol. The Hall–Kier alpha value is -3.73. The van der Waals surface area contributed by atoms with Crippen molar-refractivity contribution in [2.45, 2.75) is 69.3 Å². The molecule has 2 aromatic heterocycles. The Bertz CT molecular complexity index is 1560. The zero-order valence-corrected chi connectivity index (χ0v) is 25.5. The Kier molecular flexibility index (Phi) is 10.5. The third kappa shape index (κ3) is 8.22. The van der Waals surface area contributed by atoms with Gasteiger partial charge in [0.25, 0.3) is 10.0 Å². The molecule has 0 radical (unpaired) electrons. The number of rotatable bonds is 16. The Morgan fingerprint density at radius 1 is 1.05 bits per heavy atom. The molecule has 228 valence electrons. The monoisotopic (exact) mass is 603 g/mol. The molecule has 0 saturated heterocycles. The van der Waals surface area contributed by atoms with Gasteiger partial charge in [0.05, 0.1) is 16.7 Å². The van der Waals surface area contributed by atoms with E-state index in [2.05, 4.69) is 21.9 Å². The molecule has 0 fully saturated rings. The average molecular weight is 604 g/mol. The van der Waals surface area contributed by atoms with Crippen LogP contribution in [-0.2, 0) is 29.3 Å². The van der Waals surface area contributed by atoms with Crippen molar-refractivity contribution in [1.29, 1.82) is 0 Å². The lowest BCUT2D eigenvalue weighted by molar-refractivity contribution is 0.174. The largest absolute Gasteiger partial charge is 0.432 e. The van der Waals surface area contributed by atoms with Crippen molar-refractivity contribution in [3.05, 3.63) is 95.6 Å². The number of hydrogen-bond donors (Lipinski definition) is 3. The number of oxazole rings is 1. The molecule has 0 bridgehead atoms. The van der Waals surface area contributed by atoms with Gasteiger partial charge in [0, 0.05) is 42.4 Å². The van der Waals surface area contributed by atoms with Crippen molar-refractivity contribution in [1.82, 2.24) is 15.3 Å². The first-order chi connectivity index (χ1) is 20.9. The van der Waals surface area contributed by atoms with Crippen molar-refractivity contribution in [3.8, 4) is 0 Å². The number of pyridine rings is 1. The van der Waals surface area contributed by atoms with E-state index in [1.165, 1.54) is 25.7 Å². The molecule has 1 aliphatic heterocycles. The van der Waals surface area contributed by atoms with Gasteiger partial charge in [0.2, 0.25) is 0 Å². The number of nitrogens with zero attached hydrogens (tertiary/aromatic N) is 3. The van der Waals surface area contributed by atoms with E-state index in [1.807, 2.05) is 29.2 Å². The van der Waals surface area contributed by atoms with Gasteiger partial charge in [-0.05, 0) is 79.8 Å². The van der Waals surface area contributed by atoms with Gasteiger partial charge >= 0.3 is 6.01 Å². The number of aromatic nitrogens is 2. The van der Waals surface area contributed by atoms with E-state index in [9.17, 15) is 13.5 Å². The lowest BCUT2D eigenvalue weighted by Gasteiger charge is -2.15. The molecule has 1 atom stereocenters. The molecule has 5 rings (SSSR count). The van der Waals surface area contributed by atoms with Crippen molar-refractivity contribution in [2.75, 3.05) is 29.3 Å². The van der Waals surface area contributed by atoms with Crippen LogP contribution in [-0.4, -0.2) is 43.1 Å². The van der Waals surface area contributed by atoms with E-state index >= 15 is 0 Å². The summed E-state index contributed by atoms with van der Waals surface area (Å²) in [7, 11) is -3.75. The van der Waals surface area contributed by atoms with Crippen LogP contribution < -0.4 is 14.9 Å². The van der Waals surface area contributed by atoms with E-state index < -0.39 is 16.1 Å². The number of benzene rings is 2. The highest BCUT2D eigenvalue weighted by molar-refractivity contribution is 7.92. The fraction of sp³-hybridized carbons (Fsp3) is 0.394. The van der Waals surface area contributed by atoms with Gasteiger partial charge in [0.15, 0.2) is 0 Å². The first-order valence-electron chi connectivity index (χ1n) is 15.2. The predicted molar refractivity (Wildman–Crippen MR) is 169 cm³/mol. The average Bonchev–Trinajstić information content (AvgIpc) is 3.67. The summed E-state index contributed by atoms with van der Waals surface area (Å²) >= 11 is 0. The molecule has 1 unspecified atom stereocenters. The number of nitrogens with one attached hydrogen (secondary N) is 2. The molecule has 4 aromatic rings. The van der Waals surface area contributed by atoms with Gasteiger partial charge in [0.1, 0.15) is 6.26 Å². The second kappa shape index (κ2) is 14.6. The van der Waals surface area contributed by atoms with Crippen LogP contribution in [0.25, 0.3) is 0 Å². The van der Waals surface area contributed by atoms with E-state index in [0.717, 1.165) is 53.8 Å². The minimum atomic E-state index is -3.75. The summed E-state index contributed by atoms with van der Waals surface area (Å²) in [6, 6.07) is 16.8. The number of unbranched alkanes of at least 4 members (excludes halogenated alkanes) is 4. The first kappa shape index (κ1) is 30.7.